The summed E-state index contributed by atoms with van der Waals surface area (Å²) in [6, 6.07) is 3.46. The van der Waals surface area contributed by atoms with E-state index in [1.807, 2.05) is 0 Å². The fraction of sp³-hybridized carbons (Fsp3) is 0.444. The van der Waals surface area contributed by atoms with Gasteiger partial charge in [0.1, 0.15) is 11.2 Å². The van der Waals surface area contributed by atoms with Gasteiger partial charge in [-0.2, -0.15) is 0 Å². The molecule has 6 heteroatoms. The maximum atomic E-state index is 11.2. The second-order valence-electron chi connectivity index (χ2n) is 2.88. The van der Waals surface area contributed by atoms with E-state index in [1.54, 1.807) is 25.3 Å². The number of rotatable bonds is 5. The Bertz CT molecular complexity index is 419. The Balaban J connectivity index is 2.49. The molecule has 0 aliphatic carbocycles. The standard InChI is InChI=1S/C9H12BrNO3S/c1-2-15(12,13)7-6-14-8-4-3-5-11-9(8)10/h3-5H,2,6-7H2,1H3. The number of ether oxygens (including phenoxy) is 1. The third-order valence-electron chi connectivity index (χ3n) is 1.82. The highest BCUT2D eigenvalue weighted by Gasteiger charge is 2.08. The van der Waals surface area contributed by atoms with E-state index in [1.165, 1.54) is 0 Å². The molecule has 84 valence electrons. The van der Waals surface area contributed by atoms with Gasteiger partial charge in [0.05, 0.1) is 5.75 Å². The third kappa shape index (κ3) is 4.17. The minimum Gasteiger partial charge on any atom is -0.490 e. The van der Waals surface area contributed by atoms with Crippen LogP contribution in [0.3, 0.4) is 0 Å². The van der Waals surface area contributed by atoms with Gasteiger partial charge in [-0.1, -0.05) is 6.92 Å². The fourth-order valence-electron chi connectivity index (χ4n) is 0.902. The zero-order valence-electron chi connectivity index (χ0n) is 8.31. The Morgan fingerprint density at radius 1 is 1.53 bits per heavy atom. The van der Waals surface area contributed by atoms with Crippen LogP contribution in [0.25, 0.3) is 0 Å². The van der Waals surface area contributed by atoms with Crippen LogP contribution in [0, 0.1) is 0 Å². The van der Waals surface area contributed by atoms with Crippen molar-refractivity contribution in [2.24, 2.45) is 0 Å². The summed E-state index contributed by atoms with van der Waals surface area (Å²) in [6.45, 7) is 1.77. The number of hydrogen-bond donors (Lipinski definition) is 0. The molecule has 0 N–H and O–H groups in total. The lowest BCUT2D eigenvalue weighted by molar-refractivity contribution is 0.337. The summed E-state index contributed by atoms with van der Waals surface area (Å²) in [5.74, 6) is 0.735. The number of nitrogens with zero attached hydrogens (tertiary/aromatic N) is 1. The summed E-state index contributed by atoms with van der Waals surface area (Å²) in [6.07, 6.45) is 1.62. The lowest BCUT2D eigenvalue weighted by Crippen LogP contribution is -2.15. The molecule has 15 heavy (non-hydrogen) atoms. The van der Waals surface area contributed by atoms with E-state index in [0.717, 1.165) is 0 Å². The first-order valence-corrected chi connectivity index (χ1v) is 7.10. The van der Waals surface area contributed by atoms with Crippen molar-refractivity contribution in [3.63, 3.8) is 0 Å². The summed E-state index contributed by atoms with van der Waals surface area (Å²) in [7, 11) is -2.96. The van der Waals surface area contributed by atoms with Gasteiger partial charge < -0.3 is 4.74 Å². The maximum absolute atomic E-state index is 11.2. The van der Waals surface area contributed by atoms with Crippen LogP contribution in [0.2, 0.25) is 0 Å². The Hall–Kier alpha value is -0.620. The summed E-state index contributed by atoms with van der Waals surface area (Å²) >= 11 is 3.21. The number of aromatic nitrogens is 1. The molecule has 1 heterocycles. The van der Waals surface area contributed by atoms with E-state index in [9.17, 15) is 8.42 Å². The van der Waals surface area contributed by atoms with E-state index in [4.69, 9.17) is 4.74 Å². The molecular weight excluding hydrogens is 282 g/mol. The van der Waals surface area contributed by atoms with Gasteiger partial charge in [-0.05, 0) is 28.1 Å². The van der Waals surface area contributed by atoms with Crippen LogP contribution < -0.4 is 4.74 Å². The second-order valence-corrected chi connectivity index (χ2v) is 6.10. The topological polar surface area (TPSA) is 56.3 Å². The van der Waals surface area contributed by atoms with E-state index < -0.39 is 9.84 Å². The minimum absolute atomic E-state index is 0.0326. The van der Waals surface area contributed by atoms with Crippen LogP contribution in [0.1, 0.15) is 6.92 Å². The van der Waals surface area contributed by atoms with Crippen LogP contribution >= 0.6 is 15.9 Å². The van der Waals surface area contributed by atoms with Crippen molar-refractivity contribution in [3.8, 4) is 5.75 Å². The van der Waals surface area contributed by atoms with E-state index in [2.05, 4.69) is 20.9 Å². The van der Waals surface area contributed by atoms with Crippen molar-refractivity contribution in [2.45, 2.75) is 6.92 Å². The zero-order valence-corrected chi connectivity index (χ0v) is 10.7. The molecule has 0 amide bonds. The van der Waals surface area contributed by atoms with Crippen LogP contribution in [0.5, 0.6) is 5.75 Å². The number of pyridine rings is 1. The molecule has 1 aromatic heterocycles. The first kappa shape index (κ1) is 12.4. The molecule has 0 unspecified atom stereocenters. The van der Waals surface area contributed by atoms with Crippen LogP contribution in [-0.4, -0.2) is 31.5 Å². The summed E-state index contributed by atoms with van der Waals surface area (Å²) < 4.78 is 28.2. The van der Waals surface area contributed by atoms with Gasteiger partial charge in [0.15, 0.2) is 15.6 Å². The van der Waals surface area contributed by atoms with Gasteiger partial charge in [0, 0.05) is 11.9 Å². The van der Waals surface area contributed by atoms with Crippen molar-refractivity contribution in [2.75, 3.05) is 18.1 Å². The lowest BCUT2D eigenvalue weighted by atomic mass is 10.5. The zero-order chi connectivity index (χ0) is 11.3. The molecule has 0 spiro atoms. The Morgan fingerprint density at radius 2 is 2.27 bits per heavy atom. The quantitative estimate of drug-likeness (QED) is 0.775. The smallest absolute Gasteiger partial charge is 0.153 e. The lowest BCUT2D eigenvalue weighted by Gasteiger charge is -2.06. The largest absolute Gasteiger partial charge is 0.490 e. The van der Waals surface area contributed by atoms with Gasteiger partial charge >= 0.3 is 0 Å². The first-order valence-electron chi connectivity index (χ1n) is 4.49. The van der Waals surface area contributed by atoms with Gasteiger partial charge in [-0.15, -0.1) is 0 Å². The molecule has 4 nitrogen and oxygen atoms in total. The predicted octanol–water partition coefficient (Wildman–Crippen LogP) is 1.66. The van der Waals surface area contributed by atoms with E-state index in [-0.39, 0.29) is 18.1 Å². The molecule has 0 aromatic carbocycles. The molecular formula is C9H12BrNO3S. The minimum atomic E-state index is -2.96. The molecule has 0 atom stereocenters. The SMILES string of the molecule is CCS(=O)(=O)CCOc1cccnc1Br. The van der Waals surface area contributed by atoms with E-state index >= 15 is 0 Å². The summed E-state index contributed by atoms with van der Waals surface area (Å²) in [5.41, 5.74) is 0. The van der Waals surface area contributed by atoms with Crippen molar-refractivity contribution < 1.29 is 13.2 Å². The summed E-state index contributed by atoms with van der Waals surface area (Å²) in [4.78, 5) is 3.96. The number of halogens is 1. The Morgan fingerprint density at radius 3 is 2.87 bits per heavy atom. The molecule has 0 saturated carbocycles. The molecule has 1 rings (SSSR count). The van der Waals surface area contributed by atoms with Crippen LogP contribution in [0.4, 0.5) is 0 Å². The average molecular weight is 294 g/mol. The molecule has 0 aliphatic heterocycles. The number of hydrogen-bond acceptors (Lipinski definition) is 4. The Kier molecular flexibility index (Phi) is 4.53. The molecule has 0 saturated heterocycles. The highest BCUT2D eigenvalue weighted by atomic mass is 79.9. The van der Waals surface area contributed by atoms with Crippen molar-refractivity contribution in [1.29, 1.82) is 0 Å². The van der Waals surface area contributed by atoms with Gasteiger partial charge in [-0.25, -0.2) is 13.4 Å². The average Bonchev–Trinajstić information content (AvgIpc) is 2.21. The molecule has 0 aliphatic rings. The van der Waals surface area contributed by atoms with Gasteiger partial charge in [-0.3, -0.25) is 0 Å². The maximum Gasteiger partial charge on any atom is 0.153 e. The fourth-order valence-corrected chi connectivity index (χ4v) is 1.89. The second kappa shape index (κ2) is 5.46. The van der Waals surface area contributed by atoms with Gasteiger partial charge in [0.25, 0.3) is 0 Å². The highest BCUT2D eigenvalue weighted by molar-refractivity contribution is 9.10. The summed E-state index contributed by atoms with van der Waals surface area (Å²) in [5, 5.41) is 0. The van der Waals surface area contributed by atoms with Crippen molar-refractivity contribution >= 4 is 25.8 Å². The normalized spacial score (nSPS) is 11.3. The van der Waals surface area contributed by atoms with Crippen molar-refractivity contribution in [1.82, 2.24) is 4.98 Å². The van der Waals surface area contributed by atoms with Crippen LogP contribution in [-0.2, 0) is 9.84 Å². The Labute approximate surface area is 97.7 Å². The molecule has 0 fully saturated rings. The molecule has 0 radical (unpaired) electrons. The van der Waals surface area contributed by atoms with Gasteiger partial charge in [0.2, 0.25) is 0 Å². The van der Waals surface area contributed by atoms with E-state index in [0.29, 0.717) is 10.4 Å². The first-order chi connectivity index (χ1) is 7.05. The monoisotopic (exact) mass is 293 g/mol. The third-order valence-corrected chi connectivity index (χ3v) is 4.08. The molecule has 1 aromatic rings. The predicted molar refractivity (Wildman–Crippen MR) is 61.8 cm³/mol. The van der Waals surface area contributed by atoms with Crippen molar-refractivity contribution in [3.05, 3.63) is 22.9 Å². The number of sulfone groups is 1. The highest BCUT2D eigenvalue weighted by Crippen LogP contribution is 2.20. The van der Waals surface area contributed by atoms with Crippen LogP contribution in [0.15, 0.2) is 22.9 Å². The molecule has 0 bridgehead atoms.